The fraction of sp³-hybridized carbons (Fsp3) is 0.450. The van der Waals surface area contributed by atoms with Gasteiger partial charge in [0.25, 0.3) is 0 Å². The van der Waals surface area contributed by atoms with E-state index in [1.165, 1.54) is 16.8 Å². The molecule has 0 unspecified atom stereocenters. The third-order valence-corrected chi connectivity index (χ3v) is 5.23. The number of anilines is 1. The van der Waals surface area contributed by atoms with Crippen LogP contribution in [0.15, 0.2) is 24.7 Å². The van der Waals surface area contributed by atoms with Crippen LogP contribution >= 0.6 is 0 Å². The van der Waals surface area contributed by atoms with Crippen molar-refractivity contribution >= 4 is 23.2 Å². The second-order valence-electron chi connectivity index (χ2n) is 7.41. The van der Waals surface area contributed by atoms with E-state index in [0.29, 0.717) is 0 Å². The molecule has 6 nitrogen and oxygen atoms in total. The minimum atomic E-state index is 0.0664. The molecule has 0 bridgehead atoms. The Bertz CT molecular complexity index is 859. The van der Waals surface area contributed by atoms with Gasteiger partial charge in [0.05, 0.1) is 11.9 Å². The van der Waals surface area contributed by atoms with E-state index in [9.17, 15) is 4.79 Å². The van der Waals surface area contributed by atoms with Gasteiger partial charge in [0.15, 0.2) is 0 Å². The lowest BCUT2D eigenvalue weighted by molar-refractivity contribution is -0.134. The Labute approximate surface area is 154 Å². The van der Waals surface area contributed by atoms with Crippen LogP contribution in [0.3, 0.4) is 0 Å². The first-order chi connectivity index (χ1) is 12.5. The zero-order chi connectivity index (χ0) is 18.3. The number of amides is 1. The molecule has 6 heteroatoms. The molecule has 1 aliphatic heterocycles. The van der Waals surface area contributed by atoms with Gasteiger partial charge >= 0.3 is 0 Å². The molecule has 2 aromatic heterocycles. The number of hydrogen-bond donors (Lipinski definition) is 0. The van der Waals surface area contributed by atoms with Crippen LogP contribution in [0.25, 0.3) is 11.6 Å². The second kappa shape index (κ2) is 6.59. The summed E-state index contributed by atoms with van der Waals surface area (Å²) >= 11 is 0. The molecular weight excluding hydrogens is 326 g/mol. The lowest BCUT2D eigenvalue weighted by atomic mass is 10.1. The van der Waals surface area contributed by atoms with Gasteiger partial charge in [0.2, 0.25) is 5.91 Å². The summed E-state index contributed by atoms with van der Waals surface area (Å²) in [5.74, 6) is 0.320. The topological polar surface area (TPSA) is 54.3 Å². The van der Waals surface area contributed by atoms with Crippen molar-refractivity contribution in [1.29, 1.82) is 0 Å². The van der Waals surface area contributed by atoms with Crippen molar-refractivity contribution in [3.8, 4) is 0 Å². The molecular formula is C20H25N5O. The van der Waals surface area contributed by atoms with Gasteiger partial charge in [-0.25, -0.2) is 0 Å². The number of carbonyl (C=O) groups excluding carboxylic acids is 1. The van der Waals surface area contributed by atoms with Crippen molar-refractivity contribution in [2.45, 2.75) is 20.3 Å². The maximum Gasteiger partial charge on any atom is 0.225 e. The molecule has 3 heterocycles. The highest BCUT2D eigenvalue weighted by atomic mass is 16.2. The normalized spacial score (nSPS) is 16.8. The van der Waals surface area contributed by atoms with E-state index < -0.39 is 0 Å². The van der Waals surface area contributed by atoms with Gasteiger partial charge < -0.3 is 9.80 Å². The zero-order valence-electron chi connectivity index (χ0n) is 15.6. The molecule has 0 saturated carbocycles. The predicted octanol–water partition coefficient (Wildman–Crippen LogP) is 2.22. The van der Waals surface area contributed by atoms with E-state index in [-0.39, 0.29) is 11.8 Å². The van der Waals surface area contributed by atoms with Gasteiger partial charge in [0.1, 0.15) is 0 Å². The van der Waals surface area contributed by atoms with Crippen LogP contribution in [0.5, 0.6) is 0 Å². The minimum Gasteiger partial charge on any atom is -0.367 e. The van der Waals surface area contributed by atoms with Crippen LogP contribution in [-0.4, -0.2) is 51.8 Å². The first-order valence-electron chi connectivity index (χ1n) is 9.24. The molecule has 0 radical (unpaired) electrons. The third-order valence-electron chi connectivity index (χ3n) is 5.23. The average molecular weight is 351 g/mol. The third kappa shape index (κ3) is 3.00. The summed E-state index contributed by atoms with van der Waals surface area (Å²) in [6.07, 6.45) is 8.96. The number of aryl methyl sites for hydroxylation is 1. The summed E-state index contributed by atoms with van der Waals surface area (Å²) in [5, 5.41) is 4.28. The van der Waals surface area contributed by atoms with Crippen molar-refractivity contribution in [2.24, 2.45) is 13.0 Å². The number of allylic oxidation sites excluding steroid dienone is 1. The van der Waals surface area contributed by atoms with Crippen molar-refractivity contribution in [1.82, 2.24) is 19.7 Å². The van der Waals surface area contributed by atoms with E-state index in [4.69, 9.17) is 0 Å². The first-order valence-corrected chi connectivity index (χ1v) is 9.24. The van der Waals surface area contributed by atoms with Gasteiger partial charge in [-0.2, -0.15) is 5.10 Å². The summed E-state index contributed by atoms with van der Waals surface area (Å²) in [6.45, 7) is 7.24. The van der Waals surface area contributed by atoms with Gasteiger partial charge in [-0.3, -0.25) is 14.5 Å². The number of piperazine rings is 1. The molecule has 0 N–H and O–H groups in total. The monoisotopic (exact) mass is 351 g/mol. The quantitative estimate of drug-likeness (QED) is 0.851. The summed E-state index contributed by atoms with van der Waals surface area (Å²) in [4.78, 5) is 21.2. The molecule has 26 heavy (non-hydrogen) atoms. The largest absolute Gasteiger partial charge is 0.367 e. The number of pyridine rings is 1. The molecule has 4 rings (SSSR count). The fourth-order valence-corrected chi connectivity index (χ4v) is 3.79. The predicted molar refractivity (Wildman–Crippen MR) is 103 cm³/mol. The van der Waals surface area contributed by atoms with E-state index in [1.54, 1.807) is 0 Å². The number of nitrogens with zero attached hydrogens (tertiary/aromatic N) is 5. The molecule has 2 aliphatic rings. The maximum atomic E-state index is 12.2. The second-order valence-corrected chi connectivity index (χ2v) is 7.41. The van der Waals surface area contributed by atoms with Crippen LogP contribution in [-0.2, 0) is 18.3 Å². The van der Waals surface area contributed by atoms with Crippen molar-refractivity contribution in [3.05, 3.63) is 41.5 Å². The fourth-order valence-electron chi connectivity index (χ4n) is 3.79. The Balaban J connectivity index is 1.54. The smallest absolute Gasteiger partial charge is 0.225 e. The van der Waals surface area contributed by atoms with E-state index in [0.717, 1.165) is 43.9 Å². The van der Waals surface area contributed by atoms with Crippen LogP contribution in [0.4, 0.5) is 5.69 Å². The molecule has 1 aliphatic carbocycles. The number of rotatable bonds is 3. The highest BCUT2D eigenvalue weighted by Crippen LogP contribution is 2.36. The highest BCUT2D eigenvalue weighted by Gasteiger charge is 2.26. The van der Waals surface area contributed by atoms with Gasteiger partial charge in [-0.05, 0) is 17.7 Å². The SMILES string of the molecule is CC(C)C(=O)N1CCN(c2ccnc3c2C=C(c2cnn(C)c2)C3)CC1. The average Bonchev–Trinajstić information content (AvgIpc) is 3.26. The molecule has 2 aromatic rings. The summed E-state index contributed by atoms with van der Waals surface area (Å²) in [7, 11) is 1.94. The summed E-state index contributed by atoms with van der Waals surface area (Å²) in [5.41, 5.74) is 5.99. The Morgan fingerprint density at radius 1 is 1.19 bits per heavy atom. The Morgan fingerprint density at radius 2 is 1.96 bits per heavy atom. The van der Waals surface area contributed by atoms with Crippen LogP contribution < -0.4 is 4.90 Å². The van der Waals surface area contributed by atoms with E-state index in [2.05, 4.69) is 27.1 Å². The summed E-state index contributed by atoms with van der Waals surface area (Å²) in [6, 6.07) is 2.10. The first kappa shape index (κ1) is 16.8. The molecule has 0 spiro atoms. The van der Waals surface area contributed by atoms with Crippen LogP contribution in [0.2, 0.25) is 0 Å². The standard InChI is InChI=1S/C20H25N5O/c1-14(2)20(26)25-8-6-24(7-9-25)19-4-5-21-18-11-15(10-17(18)19)16-12-22-23(3)13-16/h4-5,10,12-14H,6-9,11H2,1-3H3. The van der Waals surface area contributed by atoms with Crippen LogP contribution in [0, 0.1) is 5.92 Å². The molecule has 0 atom stereocenters. The molecule has 1 saturated heterocycles. The van der Waals surface area contributed by atoms with Crippen LogP contribution in [0.1, 0.15) is 30.7 Å². The maximum absolute atomic E-state index is 12.2. The zero-order valence-corrected chi connectivity index (χ0v) is 15.6. The van der Waals surface area contributed by atoms with E-state index >= 15 is 0 Å². The van der Waals surface area contributed by atoms with Gasteiger partial charge in [-0.15, -0.1) is 0 Å². The number of fused-ring (bicyclic) bond motifs is 1. The number of aromatic nitrogens is 3. The Hall–Kier alpha value is -2.63. The van der Waals surface area contributed by atoms with Crippen molar-refractivity contribution < 1.29 is 4.79 Å². The van der Waals surface area contributed by atoms with Crippen molar-refractivity contribution in [3.63, 3.8) is 0 Å². The lowest BCUT2D eigenvalue weighted by Crippen LogP contribution is -2.50. The minimum absolute atomic E-state index is 0.0664. The molecule has 1 amide bonds. The molecule has 1 fully saturated rings. The number of carbonyl (C=O) groups is 1. The Morgan fingerprint density at radius 3 is 2.62 bits per heavy atom. The van der Waals surface area contributed by atoms with Gasteiger partial charge in [0, 0.05) is 74.8 Å². The Kier molecular flexibility index (Phi) is 4.26. The van der Waals surface area contributed by atoms with Crippen molar-refractivity contribution in [2.75, 3.05) is 31.1 Å². The lowest BCUT2D eigenvalue weighted by Gasteiger charge is -2.37. The molecule has 136 valence electrons. The summed E-state index contributed by atoms with van der Waals surface area (Å²) < 4.78 is 1.83. The highest BCUT2D eigenvalue weighted by molar-refractivity contribution is 5.91. The van der Waals surface area contributed by atoms with Gasteiger partial charge in [-0.1, -0.05) is 13.8 Å². The van der Waals surface area contributed by atoms with E-state index in [1.807, 2.05) is 49.1 Å². The molecule has 0 aromatic carbocycles. The number of hydrogen-bond acceptors (Lipinski definition) is 4.